The van der Waals surface area contributed by atoms with E-state index in [1.807, 2.05) is 21.1 Å². The molecule has 0 amide bonds. The summed E-state index contributed by atoms with van der Waals surface area (Å²) in [5, 5.41) is 17.0. The molecule has 0 aromatic rings. The maximum absolute atomic E-state index is 5.84. The highest BCUT2D eigenvalue weighted by Crippen LogP contribution is 1.93. The lowest BCUT2D eigenvalue weighted by Gasteiger charge is -2.28. The molecule has 0 aromatic heterocycles. The van der Waals surface area contributed by atoms with Gasteiger partial charge in [-0.2, -0.15) is 0 Å². The molecule has 0 unspecified atom stereocenters. The van der Waals surface area contributed by atoms with E-state index >= 15 is 0 Å². The third-order valence-electron chi connectivity index (χ3n) is 5.99. The van der Waals surface area contributed by atoms with Gasteiger partial charge in [0.25, 0.3) is 0 Å². The van der Waals surface area contributed by atoms with Gasteiger partial charge in [0.05, 0.1) is 0 Å². The van der Waals surface area contributed by atoms with Gasteiger partial charge in [0.1, 0.15) is 0 Å². The van der Waals surface area contributed by atoms with Crippen LogP contribution in [0.15, 0.2) is 0 Å². The summed E-state index contributed by atoms with van der Waals surface area (Å²) in [6, 6.07) is 0. The van der Waals surface area contributed by atoms with Crippen LogP contribution >= 0.6 is 0 Å². The maximum Gasteiger partial charge on any atom is 0.0110 e. The molecule has 0 aliphatic heterocycles. The van der Waals surface area contributed by atoms with Crippen molar-refractivity contribution in [1.29, 1.82) is 0 Å². The molecule has 0 aliphatic rings. The fraction of sp³-hybridized carbons (Fsp3) is 1.00. The number of rotatable bonds is 27. The number of hydrogen-bond donors (Lipinski definition) is 6. The molecule has 0 atom stereocenters. The van der Waals surface area contributed by atoms with Crippen LogP contribution in [0.5, 0.6) is 0 Å². The van der Waals surface area contributed by atoms with Gasteiger partial charge in [0.15, 0.2) is 0 Å². The predicted octanol–water partition coefficient (Wildman–Crippen LogP) is -2.36. The van der Waals surface area contributed by atoms with Crippen LogP contribution in [0.1, 0.15) is 6.42 Å². The fourth-order valence-corrected chi connectivity index (χ4v) is 3.70. The number of nitrogens with one attached hydrogen (secondary N) is 5. The van der Waals surface area contributed by atoms with Crippen molar-refractivity contribution < 1.29 is 0 Å². The van der Waals surface area contributed by atoms with E-state index in [0.29, 0.717) is 0 Å². The van der Waals surface area contributed by atoms with Crippen LogP contribution < -0.4 is 32.3 Å². The topological polar surface area (TPSA) is 99.1 Å². The number of hydrogen-bond acceptors (Lipinski definition) is 10. The zero-order valence-electron chi connectivity index (χ0n) is 23.3. The molecule has 34 heavy (non-hydrogen) atoms. The third-order valence-corrected chi connectivity index (χ3v) is 5.99. The van der Waals surface area contributed by atoms with Crippen LogP contribution in [0.25, 0.3) is 0 Å². The molecule has 0 bridgehead atoms. The highest BCUT2D eigenvalue weighted by atomic mass is 15.2. The molecule has 0 fully saturated rings. The van der Waals surface area contributed by atoms with Gasteiger partial charge < -0.3 is 37.2 Å². The fourth-order valence-electron chi connectivity index (χ4n) is 3.70. The molecule has 0 heterocycles. The first-order valence-corrected chi connectivity index (χ1v) is 13.4. The monoisotopic (exact) mass is 489 g/mol. The molecule has 206 valence electrons. The van der Waals surface area contributed by atoms with Gasteiger partial charge in [-0.15, -0.1) is 0 Å². The van der Waals surface area contributed by atoms with Crippen molar-refractivity contribution in [2.75, 3.05) is 153 Å². The average molecular weight is 489 g/mol. The third kappa shape index (κ3) is 22.1. The van der Waals surface area contributed by atoms with Gasteiger partial charge in [0, 0.05) is 105 Å². The molecule has 0 radical (unpaired) electrons. The van der Waals surface area contributed by atoms with E-state index in [1.54, 1.807) is 0 Å². The van der Waals surface area contributed by atoms with Crippen LogP contribution in [-0.2, 0) is 0 Å². The largest absolute Gasteiger partial charge is 0.329 e. The Kier molecular flexibility index (Phi) is 25.4. The first kappa shape index (κ1) is 33.6. The van der Waals surface area contributed by atoms with Gasteiger partial charge in [-0.3, -0.25) is 14.7 Å². The minimum absolute atomic E-state index is 0.718. The smallest absolute Gasteiger partial charge is 0.0110 e. The van der Waals surface area contributed by atoms with Crippen LogP contribution in [0, 0.1) is 0 Å². The molecule has 10 nitrogen and oxygen atoms in total. The summed E-state index contributed by atoms with van der Waals surface area (Å²) >= 11 is 0. The highest BCUT2D eigenvalue weighted by molar-refractivity contribution is 4.68. The number of likely N-dealkylation sites (N-methyl/N-ethyl adjacent to an activating group) is 3. The van der Waals surface area contributed by atoms with Crippen molar-refractivity contribution >= 4 is 0 Å². The van der Waals surface area contributed by atoms with Crippen LogP contribution in [0.3, 0.4) is 0 Å². The van der Waals surface area contributed by atoms with E-state index in [2.05, 4.69) is 60.3 Å². The molecular weight excluding hydrogens is 428 g/mol. The second-order valence-corrected chi connectivity index (χ2v) is 9.28. The number of nitrogens with zero attached hydrogens (tertiary/aromatic N) is 4. The standard InChI is InChI=1S/C24H60N10/c1-26-8-6-9-29-12-18-34(24-23-32(15-7-25)16-10-27-2)20-14-30-13-19-33(17-11-28-3)22-21-31(4)5/h26-30H,6-25H2,1-5H3. The summed E-state index contributed by atoms with van der Waals surface area (Å²) in [5.41, 5.74) is 5.84. The summed E-state index contributed by atoms with van der Waals surface area (Å²) < 4.78 is 0. The highest BCUT2D eigenvalue weighted by Gasteiger charge is 2.09. The summed E-state index contributed by atoms with van der Waals surface area (Å²) in [6.45, 7) is 18.8. The van der Waals surface area contributed by atoms with Crippen LogP contribution in [0.2, 0.25) is 0 Å². The molecular formula is C24H60N10. The van der Waals surface area contributed by atoms with E-state index in [4.69, 9.17) is 5.73 Å². The van der Waals surface area contributed by atoms with Crippen molar-refractivity contribution in [2.45, 2.75) is 6.42 Å². The molecule has 7 N–H and O–H groups in total. The van der Waals surface area contributed by atoms with Crippen LogP contribution in [0.4, 0.5) is 0 Å². The molecule has 0 saturated heterocycles. The normalized spacial score (nSPS) is 12.2. The summed E-state index contributed by atoms with van der Waals surface area (Å²) in [4.78, 5) is 9.87. The minimum atomic E-state index is 0.718. The molecule has 0 saturated carbocycles. The Hall–Kier alpha value is -0.400. The Morgan fingerprint density at radius 1 is 0.471 bits per heavy atom. The van der Waals surface area contributed by atoms with E-state index in [1.165, 1.54) is 6.42 Å². The van der Waals surface area contributed by atoms with E-state index in [-0.39, 0.29) is 0 Å². The molecule has 0 rings (SSSR count). The van der Waals surface area contributed by atoms with Crippen molar-refractivity contribution in [3.8, 4) is 0 Å². The van der Waals surface area contributed by atoms with Crippen molar-refractivity contribution in [3.05, 3.63) is 0 Å². The summed E-state index contributed by atoms with van der Waals surface area (Å²) in [5.74, 6) is 0. The van der Waals surface area contributed by atoms with Gasteiger partial charge in [-0.1, -0.05) is 0 Å². The first-order valence-electron chi connectivity index (χ1n) is 13.4. The molecule has 10 heteroatoms. The molecule has 0 aromatic carbocycles. The quantitative estimate of drug-likeness (QED) is 0.0705. The Morgan fingerprint density at radius 3 is 1.32 bits per heavy atom. The summed E-state index contributed by atoms with van der Waals surface area (Å²) in [7, 11) is 10.3. The maximum atomic E-state index is 5.84. The first-order chi connectivity index (χ1) is 16.6. The van der Waals surface area contributed by atoms with Crippen LogP contribution in [-0.4, -0.2) is 173 Å². The van der Waals surface area contributed by atoms with Crippen molar-refractivity contribution in [1.82, 2.24) is 46.2 Å². The van der Waals surface area contributed by atoms with Crippen molar-refractivity contribution in [2.24, 2.45) is 5.73 Å². The van der Waals surface area contributed by atoms with Gasteiger partial charge in [0.2, 0.25) is 0 Å². The Balaban J connectivity index is 4.42. The zero-order valence-corrected chi connectivity index (χ0v) is 23.3. The molecule has 0 aliphatic carbocycles. The van der Waals surface area contributed by atoms with E-state index in [0.717, 1.165) is 118 Å². The van der Waals surface area contributed by atoms with Crippen molar-refractivity contribution in [3.63, 3.8) is 0 Å². The predicted molar refractivity (Wildman–Crippen MR) is 149 cm³/mol. The minimum Gasteiger partial charge on any atom is -0.329 e. The van der Waals surface area contributed by atoms with Gasteiger partial charge in [-0.25, -0.2) is 0 Å². The SMILES string of the molecule is CNCCCNCCN(CCNCCN(CCNC)CCN(C)C)CCN(CCN)CCNC. The lowest BCUT2D eigenvalue weighted by atomic mass is 10.3. The lowest BCUT2D eigenvalue weighted by molar-refractivity contribution is 0.205. The van der Waals surface area contributed by atoms with Gasteiger partial charge in [-0.05, 0) is 54.7 Å². The van der Waals surface area contributed by atoms with E-state index in [9.17, 15) is 0 Å². The number of nitrogens with two attached hydrogens (primary N) is 1. The summed E-state index contributed by atoms with van der Waals surface area (Å²) in [6.07, 6.45) is 1.17. The average Bonchev–Trinajstić information content (AvgIpc) is 2.83. The zero-order chi connectivity index (χ0) is 25.3. The lowest BCUT2D eigenvalue weighted by Crippen LogP contribution is -2.45. The second-order valence-electron chi connectivity index (χ2n) is 9.28. The van der Waals surface area contributed by atoms with E-state index < -0.39 is 0 Å². The molecule has 0 spiro atoms. The Bertz CT molecular complexity index is 400. The Labute approximate surface area is 211 Å². The van der Waals surface area contributed by atoms with Gasteiger partial charge >= 0.3 is 0 Å². The second kappa shape index (κ2) is 25.7. The Morgan fingerprint density at radius 2 is 0.882 bits per heavy atom.